The predicted octanol–water partition coefficient (Wildman–Crippen LogP) is 1.01. The number of carbonyl (C=O) groups is 1. The van der Waals surface area contributed by atoms with Gasteiger partial charge < -0.3 is 36.0 Å². The smallest absolute Gasteiger partial charge is 0.416 e. The van der Waals surface area contributed by atoms with Crippen LogP contribution >= 0.6 is 0 Å². The number of methoxy groups -OCH3 is 1. The SMILES string of the molecule is COC(=O)C1CN(C[C@H](O)[C@@H](O)[C@H](O)[C@H](O)CO)S(=O)(=O)c2c(-c3cccc(C(F)(F)F)c3)c(Cc3cccc4ccccc34)c(N)c(=O)n21. The lowest BCUT2D eigenvalue weighted by molar-refractivity contribution is -0.145. The topological polar surface area (TPSA) is 213 Å². The summed E-state index contributed by atoms with van der Waals surface area (Å²) in [5.41, 5.74) is 3.22. The third-order valence-corrected chi connectivity index (χ3v) is 10.6. The van der Waals surface area contributed by atoms with Crippen molar-refractivity contribution in [3.8, 4) is 11.1 Å². The predicted molar refractivity (Wildman–Crippen MR) is 173 cm³/mol. The first kappa shape index (κ1) is 36.9. The Morgan fingerprint density at radius 3 is 2.30 bits per heavy atom. The molecule has 5 atom stereocenters. The van der Waals surface area contributed by atoms with E-state index in [1.165, 1.54) is 6.07 Å². The van der Waals surface area contributed by atoms with Gasteiger partial charge in [0.05, 0.1) is 25.4 Å². The zero-order chi connectivity index (χ0) is 36.7. The first-order valence-corrected chi connectivity index (χ1v) is 16.6. The van der Waals surface area contributed by atoms with Gasteiger partial charge >= 0.3 is 12.1 Å². The molecule has 50 heavy (non-hydrogen) atoms. The van der Waals surface area contributed by atoms with E-state index in [-0.39, 0.29) is 17.5 Å². The van der Waals surface area contributed by atoms with Crippen LogP contribution in [0.15, 0.2) is 76.6 Å². The van der Waals surface area contributed by atoms with E-state index in [0.717, 1.165) is 24.6 Å². The van der Waals surface area contributed by atoms with Crippen LogP contribution in [0.25, 0.3) is 21.9 Å². The van der Waals surface area contributed by atoms with Gasteiger partial charge in [0.2, 0.25) is 0 Å². The van der Waals surface area contributed by atoms with Crippen LogP contribution in [0.1, 0.15) is 22.7 Å². The number of aromatic nitrogens is 1. The number of nitrogens with zero attached hydrogens (tertiary/aromatic N) is 2. The molecule has 0 aliphatic carbocycles. The molecule has 1 aliphatic rings. The van der Waals surface area contributed by atoms with Crippen molar-refractivity contribution in [3.05, 3.63) is 93.8 Å². The van der Waals surface area contributed by atoms with Crippen LogP contribution in [0.5, 0.6) is 0 Å². The highest BCUT2D eigenvalue weighted by molar-refractivity contribution is 7.89. The van der Waals surface area contributed by atoms with E-state index in [1.54, 1.807) is 42.5 Å². The van der Waals surface area contributed by atoms with Gasteiger partial charge in [-0.25, -0.2) is 13.2 Å². The van der Waals surface area contributed by atoms with Crippen molar-refractivity contribution < 1.29 is 56.7 Å². The molecular weight excluding hydrogens is 687 g/mol. The van der Waals surface area contributed by atoms with Gasteiger partial charge in [0.1, 0.15) is 30.0 Å². The monoisotopic (exact) mass is 721 g/mol. The molecule has 0 saturated carbocycles. The van der Waals surface area contributed by atoms with Crippen molar-refractivity contribution >= 4 is 32.5 Å². The van der Waals surface area contributed by atoms with E-state index < -0.39 is 99.7 Å². The second-order valence-electron chi connectivity index (χ2n) is 11.8. The van der Waals surface area contributed by atoms with Crippen LogP contribution in [0.4, 0.5) is 18.9 Å². The number of nitrogen functional groups attached to an aromatic ring is 1. The highest BCUT2D eigenvalue weighted by Crippen LogP contribution is 2.42. The van der Waals surface area contributed by atoms with Gasteiger partial charge in [0.25, 0.3) is 15.6 Å². The molecule has 1 aliphatic heterocycles. The molecule has 3 aromatic carbocycles. The number of esters is 1. The largest absolute Gasteiger partial charge is 0.467 e. The average molecular weight is 722 g/mol. The summed E-state index contributed by atoms with van der Waals surface area (Å²) in [6.45, 7) is -2.92. The number of rotatable bonds is 10. The van der Waals surface area contributed by atoms with Crippen molar-refractivity contribution in [3.63, 3.8) is 0 Å². The average Bonchev–Trinajstić information content (AvgIpc) is 3.09. The van der Waals surface area contributed by atoms with E-state index in [0.29, 0.717) is 25.9 Å². The van der Waals surface area contributed by atoms with Crippen molar-refractivity contribution in [2.24, 2.45) is 0 Å². The Labute approximate surface area is 283 Å². The fourth-order valence-electron chi connectivity index (χ4n) is 6.10. The standard InChI is InChI=1S/C33H34F3N3O10S/c1-49-32(46)23-14-38(15-24(41)28(43)29(44)25(42)16-40)50(47,48)31-26(19-9-5-10-20(12-19)33(34,35)36)22(27(37)30(45)39(23)31)13-18-8-4-7-17-6-2-3-11-21(17)18/h2-12,23-25,28-29,40-44H,13-16,37H2,1H3/t23?,24-,25+,28+,29+/m0/s1. The summed E-state index contributed by atoms with van der Waals surface area (Å²) in [5, 5.41) is 50.8. The molecule has 2 heterocycles. The highest BCUT2D eigenvalue weighted by atomic mass is 32.2. The number of ether oxygens (including phenoxy) is 1. The maximum absolute atomic E-state index is 14.5. The number of aliphatic hydroxyl groups is 5. The normalized spacial score (nSPS) is 18.6. The zero-order valence-corrected chi connectivity index (χ0v) is 27.2. The number of anilines is 1. The molecule has 13 nitrogen and oxygen atoms in total. The molecule has 4 aromatic rings. The Morgan fingerprint density at radius 2 is 1.64 bits per heavy atom. The fourth-order valence-corrected chi connectivity index (χ4v) is 7.99. The Balaban J connectivity index is 1.82. The van der Waals surface area contributed by atoms with Gasteiger partial charge in [-0.2, -0.15) is 17.5 Å². The number of nitrogens with two attached hydrogens (primary N) is 1. The minimum atomic E-state index is -5.07. The minimum absolute atomic E-state index is 0.159. The van der Waals surface area contributed by atoms with Gasteiger partial charge in [0.15, 0.2) is 5.03 Å². The number of hydrogen-bond donors (Lipinski definition) is 6. The lowest BCUT2D eigenvalue weighted by Gasteiger charge is -2.37. The molecule has 7 N–H and O–H groups in total. The van der Waals surface area contributed by atoms with Crippen LogP contribution in [0.3, 0.4) is 0 Å². The quantitative estimate of drug-likeness (QED) is 0.127. The summed E-state index contributed by atoms with van der Waals surface area (Å²) in [6.07, 6.45) is -13.5. The van der Waals surface area contributed by atoms with Crippen molar-refractivity contribution in [2.75, 3.05) is 32.5 Å². The van der Waals surface area contributed by atoms with Crippen molar-refractivity contribution in [1.29, 1.82) is 0 Å². The maximum Gasteiger partial charge on any atom is 0.416 e. The van der Waals surface area contributed by atoms with Crippen LogP contribution in [0.2, 0.25) is 0 Å². The second kappa shape index (κ2) is 14.1. The van der Waals surface area contributed by atoms with Crippen molar-refractivity contribution in [2.45, 2.75) is 48.1 Å². The third kappa shape index (κ3) is 6.72. The lowest BCUT2D eigenvalue weighted by atomic mass is 9.91. The van der Waals surface area contributed by atoms with Gasteiger partial charge in [-0.05, 0) is 39.6 Å². The second-order valence-corrected chi connectivity index (χ2v) is 13.7. The van der Waals surface area contributed by atoms with Gasteiger partial charge in [0, 0.05) is 25.1 Å². The Morgan fingerprint density at radius 1 is 1.00 bits per heavy atom. The molecule has 1 unspecified atom stereocenters. The number of benzene rings is 3. The molecule has 0 saturated heterocycles. The first-order valence-electron chi connectivity index (χ1n) is 15.1. The van der Waals surface area contributed by atoms with Crippen molar-refractivity contribution in [1.82, 2.24) is 8.87 Å². The van der Waals surface area contributed by atoms with E-state index in [4.69, 9.17) is 15.6 Å². The summed E-state index contributed by atoms with van der Waals surface area (Å²) in [7, 11) is -4.12. The molecule has 0 spiro atoms. The molecule has 1 aromatic heterocycles. The van der Waals surface area contributed by atoms with Gasteiger partial charge in [-0.15, -0.1) is 0 Å². The van der Waals surface area contributed by atoms with E-state index in [1.807, 2.05) is 0 Å². The zero-order valence-electron chi connectivity index (χ0n) is 26.4. The van der Waals surface area contributed by atoms with Crippen LogP contribution in [-0.2, 0) is 32.2 Å². The lowest BCUT2D eigenvalue weighted by Crippen LogP contribution is -2.55. The van der Waals surface area contributed by atoms with Crippen LogP contribution < -0.4 is 11.3 Å². The van der Waals surface area contributed by atoms with Crippen LogP contribution in [0, 0.1) is 0 Å². The number of β-amino-alcohol motifs (C(OH)–C–C–N with tert-alkyl or cyclic N) is 1. The number of alkyl halides is 3. The number of halogens is 3. The molecule has 268 valence electrons. The number of hydrogen-bond acceptors (Lipinski definition) is 11. The number of aliphatic hydroxyl groups excluding tert-OH is 5. The number of carbonyl (C=O) groups excluding carboxylic acids is 1. The highest BCUT2D eigenvalue weighted by Gasteiger charge is 2.46. The fraction of sp³-hybridized carbons (Fsp3) is 0.333. The molecule has 5 rings (SSSR count). The number of pyridine rings is 1. The summed E-state index contributed by atoms with van der Waals surface area (Å²) in [5.74, 6) is -1.14. The summed E-state index contributed by atoms with van der Waals surface area (Å²) >= 11 is 0. The molecule has 0 radical (unpaired) electrons. The maximum atomic E-state index is 14.5. The molecule has 0 bridgehead atoms. The van der Waals surface area contributed by atoms with E-state index in [9.17, 15) is 51.6 Å². The van der Waals surface area contributed by atoms with Crippen LogP contribution in [-0.4, -0.2) is 100 Å². The van der Waals surface area contributed by atoms with Gasteiger partial charge in [-0.1, -0.05) is 54.6 Å². The number of fused-ring (bicyclic) bond motifs is 2. The summed E-state index contributed by atoms with van der Waals surface area (Å²) in [6, 6.07) is 14.2. The minimum Gasteiger partial charge on any atom is -0.467 e. The third-order valence-electron chi connectivity index (χ3n) is 8.70. The Kier molecular flexibility index (Phi) is 10.4. The summed E-state index contributed by atoms with van der Waals surface area (Å²) in [4.78, 5) is 27.2. The first-order chi connectivity index (χ1) is 23.5. The number of sulfonamides is 1. The van der Waals surface area contributed by atoms with E-state index in [2.05, 4.69) is 0 Å². The van der Waals surface area contributed by atoms with Gasteiger partial charge in [-0.3, -0.25) is 9.36 Å². The summed E-state index contributed by atoms with van der Waals surface area (Å²) < 4.78 is 77.0. The Hall–Kier alpha value is -4.36. The molecular formula is C33H34F3N3O10S. The Bertz CT molecular complexity index is 2080. The van der Waals surface area contributed by atoms with E-state index >= 15 is 0 Å². The molecule has 0 amide bonds. The molecule has 17 heteroatoms. The molecule has 0 fully saturated rings.